The Morgan fingerprint density at radius 2 is 2.00 bits per heavy atom. The molecule has 2 aromatic heterocycles. The number of hydrogen-bond donors (Lipinski definition) is 2. The summed E-state index contributed by atoms with van der Waals surface area (Å²) in [6.07, 6.45) is 6.55. The molecule has 9 heteroatoms. The van der Waals surface area contributed by atoms with Crippen LogP contribution in [0.15, 0.2) is 34.9 Å². The van der Waals surface area contributed by atoms with Gasteiger partial charge in [-0.25, -0.2) is 0 Å². The van der Waals surface area contributed by atoms with E-state index in [2.05, 4.69) is 30.9 Å². The van der Waals surface area contributed by atoms with Crippen molar-refractivity contribution in [3.63, 3.8) is 0 Å². The van der Waals surface area contributed by atoms with Crippen molar-refractivity contribution in [2.24, 2.45) is 5.41 Å². The number of likely N-dealkylation sites (tertiary alicyclic amines) is 1. The van der Waals surface area contributed by atoms with Crippen molar-refractivity contribution in [1.82, 2.24) is 30.5 Å². The number of hydrogen-bond acceptors (Lipinski definition) is 7. The van der Waals surface area contributed by atoms with Crippen LogP contribution >= 0.6 is 0 Å². The van der Waals surface area contributed by atoms with Gasteiger partial charge in [0.1, 0.15) is 11.7 Å². The molecule has 3 aromatic rings. The van der Waals surface area contributed by atoms with Gasteiger partial charge >= 0.3 is 6.01 Å². The average molecular weight is 393 g/mol. The maximum Gasteiger partial charge on any atom is 0.316 e. The summed E-state index contributed by atoms with van der Waals surface area (Å²) < 4.78 is 5.75. The van der Waals surface area contributed by atoms with Crippen LogP contribution in [0, 0.1) is 5.41 Å². The molecular formula is C20H23N7O2. The standard InChI is InChI=1S/C20H23N7O2/c1-13(18(28)27-9-7-20(5-6-20)8-10-27)22-19-25-24-17(29-19)15-4-2-3-14(11-15)16-12-21-26-23-16/h2-4,11-13H,5-10H2,1H3,(H,22,25)(H,21,23,26)/t13-/m1/s1. The summed E-state index contributed by atoms with van der Waals surface area (Å²) in [6, 6.07) is 7.44. The molecule has 3 heterocycles. The molecular weight excluding hydrogens is 370 g/mol. The van der Waals surface area contributed by atoms with E-state index < -0.39 is 6.04 Å². The minimum atomic E-state index is -0.419. The molecule has 2 fully saturated rings. The van der Waals surface area contributed by atoms with Crippen molar-refractivity contribution in [3.8, 4) is 22.7 Å². The van der Waals surface area contributed by atoms with Crippen LogP contribution < -0.4 is 5.32 Å². The lowest BCUT2D eigenvalue weighted by Gasteiger charge is -2.33. The molecule has 5 rings (SSSR count). The minimum Gasteiger partial charge on any atom is -0.403 e. The first-order chi connectivity index (χ1) is 14.1. The summed E-state index contributed by atoms with van der Waals surface area (Å²) >= 11 is 0. The zero-order valence-corrected chi connectivity index (χ0v) is 16.3. The lowest BCUT2D eigenvalue weighted by atomic mass is 9.93. The Morgan fingerprint density at radius 3 is 2.72 bits per heavy atom. The number of carbonyl (C=O) groups excluding carboxylic acids is 1. The number of anilines is 1. The van der Waals surface area contributed by atoms with Crippen molar-refractivity contribution in [2.45, 2.75) is 38.6 Å². The van der Waals surface area contributed by atoms with Gasteiger partial charge in [0.2, 0.25) is 11.8 Å². The van der Waals surface area contributed by atoms with E-state index in [9.17, 15) is 4.79 Å². The molecule has 0 unspecified atom stereocenters. The van der Waals surface area contributed by atoms with Gasteiger partial charge < -0.3 is 14.6 Å². The van der Waals surface area contributed by atoms with Crippen molar-refractivity contribution in [1.29, 1.82) is 0 Å². The number of nitrogens with one attached hydrogen (secondary N) is 2. The third-order valence-corrected chi connectivity index (χ3v) is 6.05. The van der Waals surface area contributed by atoms with Crippen LogP contribution in [0.5, 0.6) is 0 Å². The van der Waals surface area contributed by atoms with Crippen molar-refractivity contribution >= 4 is 11.9 Å². The predicted octanol–water partition coefficient (Wildman–Crippen LogP) is 2.72. The first kappa shape index (κ1) is 17.8. The molecule has 1 saturated carbocycles. The highest BCUT2D eigenvalue weighted by atomic mass is 16.4. The zero-order chi connectivity index (χ0) is 19.8. The van der Waals surface area contributed by atoms with Gasteiger partial charge in [-0.1, -0.05) is 17.2 Å². The number of rotatable bonds is 5. The molecule has 1 aromatic carbocycles. The summed E-state index contributed by atoms with van der Waals surface area (Å²) in [6.45, 7) is 3.52. The first-order valence-electron chi connectivity index (χ1n) is 9.97. The number of benzene rings is 1. The molecule has 0 bridgehead atoms. The second kappa shape index (κ2) is 6.98. The molecule has 1 aliphatic carbocycles. The number of aromatic nitrogens is 5. The molecule has 1 atom stereocenters. The molecule has 0 radical (unpaired) electrons. The quantitative estimate of drug-likeness (QED) is 0.685. The predicted molar refractivity (Wildman–Crippen MR) is 106 cm³/mol. The summed E-state index contributed by atoms with van der Waals surface area (Å²) in [5.74, 6) is 0.458. The van der Waals surface area contributed by atoms with Gasteiger partial charge in [-0.15, -0.1) is 5.10 Å². The maximum absolute atomic E-state index is 12.7. The SMILES string of the molecule is C[C@@H](Nc1nnc(-c2cccc(-c3cn[nH]n3)c2)o1)C(=O)N1CCC2(CC1)CC2. The van der Waals surface area contributed by atoms with Crippen molar-refractivity contribution in [3.05, 3.63) is 30.5 Å². The number of H-pyrrole nitrogens is 1. The summed E-state index contributed by atoms with van der Waals surface area (Å²) in [7, 11) is 0. The highest BCUT2D eigenvalue weighted by Gasteiger charge is 2.45. The fourth-order valence-corrected chi connectivity index (χ4v) is 3.95. The van der Waals surface area contributed by atoms with E-state index in [-0.39, 0.29) is 11.9 Å². The zero-order valence-electron chi connectivity index (χ0n) is 16.3. The van der Waals surface area contributed by atoms with E-state index >= 15 is 0 Å². The third-order valence-electron chi connectivity index (χ3n) is 6.05. The van der Waals surface area contributed by atoms with E-state index in [0.717, 1.165) is 42.8 Å². The van der Waals surface area contributed by atoms with E-state index in [4.69, 9.17) is 4.42 Å². The lowest BCUT2D eigenvalue weighted by Crippen LogP contribution is -2.45. The highest BCUT2D eigenvalue weighted by Crippen LogP contribution is 2.53. The molecule has 150 valence electrons. The van der Waals surface area contributed by atoms with Gasteiger partial charge in [-0.3, -0.25) is 4.79 Å². The average Bonchev–Trinajstić information content (AvgIpc) is 3.16. The van der Waals surface area contributed by atoms with Gasteiger partial charge in [0.25, 0.3) is 0 Å². The fraction of sp³-hybridized carbons (Fsp3) is 0.450. The van der Waals surface area contributed by atoms with Crippen LogP contribution in [0.25, 0.3) is 22.7 Å². The second-order valence-electron chi connectivity index (χ2n) is 8.04. The number of nitrogens with zero attached hydrogens (tertiary/aromatic N) is 5. The van der Waals surface area contributed by atoms with E-state index in [1.165, 1.54) is 12.8 Å². The van der Waals surface area contributed by atoms with Crippen LogP contribution in [0.3, 0.4) is 0 Å². The molecule has 1 spiro atoms. The Bertz CT molecular complexity index is 1000. The Morgan fingerprint density at radius 1 is 1.21 bits per heavy atom. The molecule has 29 heavy (non-hydrogen) atoms. The third kappa shape index (κ3) is 3.59. The molecule has 1 saturated heterocycles. The lowest BCUT2D eigenvalue weighted by molar-refractivity contribution is -0.133. The van der Waals surface area contributed by atoms with Crippen LogP contribution in [0.2, 0.25) is 0 Å². The minimum absolute atomic E-state index is 0.0771. The number of aromatic amines is 1. The topological polar surface area (TPSA) is 113 Å². The molecule has 2 N–H and O–H groups in total. The smallest absolute Gasteiger partial charge is 0.316 e. The normalized spacial score (nSPS) is 18.6. The molecule has 1 aliphatic heterocycles. The van der Waals surface area contributed by atoms with Crippen LogP contribution in [0.1, 0.15) is 32.6 Å². The van der Waals surface area contributed by atoms with Crippen LogP contribution in [0.4, 0.5) is 6.01 Å². The second-order valence-corrected chi connectivity index (χ2v) is 8.04. The Kier molecular flexibility index (Phi) is 4.30. The monoisotopic (exact) mass is 393 g/mol. The summed E-state index contributed by atoms with van der Waals surface area (Å²) in [5, 5.41) is 21.7. The van der Waals surface area contributed by atoms with Gasteiger partial charge in [0.05, 0.1) is 6.20 Å². The van der Waals surface area contributed by atoms with E-state index in [1.54, 1.807) is 6.20 Å². The van der Waals surface area contributed by atoms with Gasteiger partial charge in [-0.05, 0) is 50.2 Å². The van der Waals surface area contributed by atoms with Crippen LogP contribution in [-0.2, 0) is 4.79 Å². The Balaban J connectivity index is 1.24. The van der Waals surface area contributed by atoms with Gasteiger partial charge in [-0.2, -0.15) is 15.4 Å². The van der Waals surface area contributed by atoms with Crippen molar-refractivity contribution < 1.29 is 9.21 Å². The Labute approximate surface area is 167 Å². The van der Waals surface area contributed by atoms with Crippen LogP contribution in [-0.4, -0.2) is 55.5 Å². The Hall–Kier alpha value is -3.23. The number of amides is 1. The van der Waals surface area contributed by atoms with E-state index in [1.807, 2.05) is 36.1 Å². The van der Waals surface area contributed by atoms with Gasteiger partial charge in [0.15, 0.2) is 0 Å². The summed E-state index contributed by atoms with van der Waals surface area (Å²) in [5.41, 5.74) is 2.95. The first-order valence-corrected chi connectivity index (χ1v) is 9.97. The van der Waals surface area contributed by atoms with Gasteiger partial charge in [0, 0.05) is 24.2 Å². The number of carbonyl (C=O) groups is 1. The fourth-order valence-electron chi connectivity index (χ4n) is 3.95. The van der Waals surface area contributed by atoms with Crippen molar-refractivity contribution in [2.75, 3.05) is 18.4 Å². The number of piperidine rings is 1. The molecule has 9 nitrogen and oxygen atoms in total. The largest absolute Gasteiger partial charge is 0.403 e. The highest BCUT2D eigenvalue weighted by molar-refractivity contribution is 5.83. The molecule has 2 aliphatic rings. The molecule has 1 amide bonds. The summed E-state index contributed by atoms with van der Waals surface area (Å²) in [4.78, 5) is 14.7. The maximum atomic E-state index is 12.7. The van der Waals surface area contributed by atoms with E-state index in [0.29, 0.717) is 11.3 Å².